The SMILES string of the molecule is O=C(OC(=O)c1ccccc1)C1=Nc2ccccc2S(=O)(=O)n2cccc21. The number of hydrogen-bond acceptors (Lipinski definition) is 6. The van der Waals surface area contributed by atoms with Crippen LogP contribution in [0.4, 0.5) is 5.69 Å². The van der Waals surface area contributed by atoms with Gasteiger partial charge in [-0.15, -0.1) is 0 Å². The molecule has 4 rings (SSSR count). The van der Waals surface area contributed by atoms with Gasteiger partial charge in [0.1, 0.15) is 4.90 Å². The maximum Gasteiger partial charge on any atom is 0.367 e. The molecule has 27 heavy (non-hydrogen) atoms. The fourth-order valence-electron chi connectivity index (χ4n) is 2.73. The van der Waals surface area contributed by atoms with Gasteiger partial charge in [-0.3, -0.25) is 0 Å². The molecule has 7 nitrogen and oxygen atoms in total. The van der Waals surface area contributed by atoms with Crippen LogP contribution in [0.3, 0.4) is 0 Å². The average Bonchev–Trinajstić information content (AvgIpc) is 3.14. The largest absolute Gasteiger partial charge is 0.384 e. The van der Waals surface area contributed by atoms with E-state index in [1.54, 1.807) is 30.3 Å². The van der Waals surface area contributed by atoms with E-state index in [4.69, 9.17) is 4.74 Å². The number of esters is 2. The number of hydrogen-bond donors (Lipinski definition) is 0. The molecule has 0 radical (unpaired) electrons. The summed E-state index contributed by atoms with van der Waals surface area (Å²) < 4.78 is 31.6. The third-order valence-corrected chi connectivity index (χ3v) is 5.72. The van der Waals surface area contributed by atoms with Gasteiger partial charge in [0.2, 0.25) is 0 Å². The zero-order valence-corrected chi connectivity index (χ0v) is 14.6. The maximum absolute atomic E-state index is 12.9. The van der Waals surface area contributed by atoms with Gasteiger partial charge in [-0.25, -0.2) is 27.0 Å². The van der Waals surface area contributed by atoms with Crippen LogP contribution in [0.15, 0.2) is 82.8 Å². The normalized spacial score (nSPS) is 14.3. The minimum absolute atomic E-state index is 0.0251. The Morgan fingerprint density at radius 2 is 1.56 bits per heavy atom. The molecule has 0 bridgehead atoms. The second-order valence-electron chi connectivity index (χ2n) is 5.67. The number of nitrogens with zero attached hydrogens (tertiary/aromatic N) is 2. The zero-order valence-electron chi connectivity index (χ0n) is 13.8. The summed E-state index contributed by atoms with van der Waals surface area (Å²) in [6, 6.07) is 17.0. The topological polar surface area (TPSA) is 94.8 Å². The van der Waals surface area contributed by atoms with Gasteiger partial charge in [0.25, 0.3) is 10.0 Å². The van der Waals surface area contributed by atoms with Gasteiger partial charge in [0.05, 0.1) is 16.9 Å². The number of ether oxygens (including phenoxy) is 1. The number of aromatic nitrogens is 1. The highest BCUT2D eigenvalue weighted by atomic mass is 32.2. The van der Waals surface area contributed by atoms with Crippen LogP contribution in [-0.2, 0) is 19.6 Å². The van der Waals surface area contributed by atoms with Gasteiger partial charge in [-0.2, -0.15) is 0 Å². The van der Waals surface area contributed by atoms with Gasteiger partial charge >= 0.3 is 11.9 Å². The van der Waals surface area contributed by atoms with Gasteiger partial charge in [0.15, 0.2) is 5.71 Å². The molecule has 2 heterocycles. The molecule has 8 heteroatoms. The fraction of sp³-hybridized carbons (Fsp3) is 0. The lowest BCUT2D eigenvalue weighted by Gasteiger charge is -2.08. The van der Waals surface area contributed by atoms with Crippen LogP contribution in [-0.4, -0.2) is 30.0 Å². The van der Waals surface area contributed by atoms with Gasteiger partial charge in [-0.05, 0) is 36.4 Å². The first-order chi connectivity index (χ1) is 13.0. The molecule has 1 aliphatic rings. The Morgan fingerprint density at radius 1 is 0.852 bits per heavy atom. The Morgan fingerprint density at radius 3 is 2.33 bits per heavy atom. The minimum Gasteiger partial charge on any atom is -0.384 e. The maximum atomic E-state index is 12.9. The number of carbonyl (C=O) groups excluding carboxylic acids is 2. The van der Waals surface area contributed by atoms with E-state index in [0.717, 1.165) is 3.97 Å². The minimum atomic E-state index is -3.93. The van der Waals surface area contributed by atoms with Crippen molar-refractivity contribution in [2.24, 2.45) is 4.99 Å². The van der Waals surface area contributed by atoms with Crippen molar-refractivity contribution in [1.29, 1.82) is 0 Å². The van der Waals surface area contributed by atoms with Crippen molar-refractivity contribution in [3.05, 3.63) is 84.2 Å². The van der Waals surface area contributed by atoms with Crippen molar-refractivity contribution in [2.75, 3.05) is 0 Å². The average molecular weight is 380 g/mol. The van der Waals surface area contributed by atoms with Crippen LogP contribution in [0.25, 0.3) is 0 Å². The first-order valence-corrected chi connectivity index (χ1v) is 9.35. The first kappa shape index (κ1) is 16.9. The molecule has 0 fully saturated rings. The Bertz CT molecular complexity index is 1190. The van der Waals surface area contributed by atoms with Gasteiger partial charge in [0, 0.05) is 6.20 Å². The summed E-state index contributed by atoms with van der Waals surface area (Å²) in [4.78, 5) is 29.0. The molecule has 0 N–H and O–H groups in total. The summed E-state index contributed by atoms with van der Waals surface area (Å²) in [6.45, 7) is 0. The number of fused-ring (bicyclic) bond motifs is 2. The number of benzene rings is 2. The van der Waals surface area contributed by atoms with Crippen molar-refractivity contribution in [1.82, 2.24) is 3.97 Å². The van der Waals surface area contributed by atoms with E-state index in [0.29, 0.717) is 0 Å². The molecule has 0 amide bonds. The Kier molecular flexibility index (Phi) is 3.97. The summed E-state index contributed by atoms with van der Waals surface area (Å²) in [6.07, 6.45) is 1.31. The van der Waals surface area contributed by atoms with E-state index in [1.807, 2.05) is 0 Å². The van der Waals surface area contributed by atoms with Gasteiger partial charge in [-0.1, -0.05) is 30.3 Å². The predicted molar refractivity (Wildman–Crippen MR) is 96.5 cm³/mol. The molecule has 0 spiro atoms. The van der Waals surface area contributed by atoms with Crippen LogP contribution >= 0.6 is 0 Å². The number of carbonyl (C=O) groups is 2. The van der Waals surface area contributed by atoms with Crippen molar-refractivity contribution < 1.29 is 22.7 Å². The third kappa shape index (κ3) is 2.85. The van der Waals surface area contributed by atoms with Gasteiger partial charge < -0.3 is 4.74 Å². The molecule has 3 aromatic rings. The van der Waals surface area contributed by atoms with E-state index >= 15 is 0 Å². The molecular formula is C19H12N2O5S. The highest BCUT2D eigenvalue weighted by Crippen LogP contribution is 2.31. The quantitative estimate of drug-likeness (QED) is 0.503. The summed E-state index contributed by atoms with van der Waals surface area (Å²) >= 11 is 0. The molecule has 0 saturated heterocycles. The molecule has 0 aliphatic carbocycles. The fourth-order valence-corrected chi connectivity index (χ4v) is 4.20. The lowest BCUT2D eigenvalue weighted by molar-refractivity contribution is -0.130. The second-order valence-corrected chi connectivity index (χ2v) is 7.45. The second kappa shape index (κ2) is 6.33. The van der Waals surface area contributed by atoms with E-state index < -0.39 is 22.0 Å². The predicted octanol–water partition coefficient (Wildman–Crippen LogP) is 2.54. The van der Waals surface area contributed by atoms with Crippen LogP contribution < -0.4 is 0 Å². The lowest BCUT2D eigenvalue weighted by atomic mass is 10.2. The first-order valence-electron chi connectivity index (χ1n) is 7.91. The number of para-hydroxylation sites is 1. The standard InChI is InChI=1S/C19H12N2O5S/c22-18(13-7-2-1-3-8-13)26-19(23)17-15-10-6-12-21(15)27(24,25)16-11-5-4-9-14(16)20-17/h1-12H. The van der Waals surface area contributed by atoms with Crippen LogP contribution in [0.5, 0.6) is 0 Å². The van der Waals surface area contributed by atoms with Crippen LogP contribution in [0.1, 0.15) is 16.1 Å². The van der Waals surface area contributed by atoms with Crippen molar-refractivity contribution in [3.63, 3.8) is 0 Å². The molecule has 2 aromatic carbocycles. The van der Waals surface area contributed by atoms with E-state index in [9.17, 15) is 18.0 Å². The number of rotatable bonds is 2. The van der Waals surface area contributed by atoms with E-state index in [1.165, 1.54) is 42.6 Å². The number of aliphatic imine (C=N–C) groups is 1. The lowest BCUT2D eigenvalue weighted by Crippen LogP contribution is -2.25. The Balaban J connectivity index is 1.79. The van der Waals surface area contributed by atoms with E-state index in [-0.39, 0.29) is 27.6 Å². The molecule has 134 valence electrons. The zero-order chi connectivity index (χ0) is 19.0. The molecular weight excluding hydrogens is 368 g/mol. The molecule has 1 aliphatic heterocycles. The van der Waals surface area contributed by atoms with E-state index in [2.05, 4.69) is 4.99 Å². The third-order valence-electron chi connectivity index (χ3n) is 3.98. The monoisotopic (exact) mass is 380 g/mol. The van der Waals surface area contributed by atoms with Crippen molar-refractivity contribution in [2.45, 2.75) is 4.90 Å². The van der Waals surface area contributed by atoms with Crippen LogP contribution in [0.2, 0.25) is 0 Å². The highest BCUT2D eigenvalue weighted by Gasteiger charge is 2.32. The summed E-state index contributed by atoms with van der Waals surface area (Å²) in [5, 5.41) is 0. The van der Waals surface area contributed by atoms with Crippen LogP contribution in [0, 0.1) is 0 Å². The molecule has 0 atom stereocenters. The summed E-state index contributed by atoms with van der Waals surface area (Å²) in [5.74, 6) is -1.88. The Hall–Kier alpha value is -3.52. The molecule has 1 aromatic heterocycles. The highest BCUT2D eigenvalue weighted by molar-refractivity contribution is 7.90. The molecule has 0 unspecified atom stereocenters. The summed E-state index contributed by atoms with van der Waals surface area (Å²) in [7, 11) is -3.93. The molecule has 0 saturated carbocycles. The van der Waals surface area contributed by atoms with Crippen molar-refractivity contribution in [3.8, 4) is 0 Å². The Labute approximate surface area is 154 Å². The van der Waals surface area contributed by atoms with Crippen molar-refractivity contribution >= 4 is 33.4 Å². The smallest absolute Gasteiger partial charge is 0.367 e. The summed E-state index contributed by atoms with van der Waals surface area (Å²) in [5.41, 5.74) is 0.0543.